The molecule has 0 radical (unpaired) electrons. The Morgan fingerprint density at radius 1 is 1.10 bits per heavy atom. The molecule has 0 spiro atoms. The number of hydrogen-bond acceptors (Lipinski definition) is 1. The molecule has 3 rings (SSSR count). The molecule has 0 heterocycles. The van der Waals surface area contributed by atoms with Crippen molar-refractivity contribution in [1.82, 2.24) is 5.32 Å². The van der Waals surface area contributed by atoms with E-state index in [0.717, 1.165) is 12.8 Å². The number of carbonyl (C=O) groups excluding carboxylic acids is 1. The fourth-order valence-electron chi connectivity index (χ4n) is 2.56. The second-order valence-corrected chi connectivity index (χ2v) is 5.43. The summed E-state index contributed by atoms with van der Waals surface area (Å²) in [5.41, 5.74) is 2.88. The van der Waals surface area contributed by atoms with Crippen LogP contribution in [0.5, 0.6) is 0 Å². The van der Waals surface area contributed by atoms with Crippen LogP contribution in [0.4, 0.5) is 4.39 Å². The van der Waals surface area contributed by atoms with Crippen molar-refractivity contribution in [2.45, 2.75) is 18.9 Å². The number of hydrogen-bond donors (Lipinski definition) is 1. The monoisotopic (exact) mass is 289 g/mol. The zero-order chi connectivity index (χ0) is 14.1. The average molecular weight is 290 g/mol. The van der Waals surface area contributed by atoms with Crippen LogP contribution in [0.3, 0.4) is 0 Å². The Morgan fingerprint density at radius 2 is 1.80 bits per heavy atom. The molecule has 1 amide bonds. The maximum atomic E-state index is 12.8. The van der Waals surface area contributed by atoms with Crippen molar-refractivity contribution in [2.24, 2.45) is 0 Å². The number of benzene rings is 2. The maximum absolute atomic E-state index is 12.8. The van der Waals surface area contributed by atoms with E-state index in [9.17, 15) is 9.18 Å². The summed E-state index contributed by atoms with van der Waals surface area (Å²) >= 11 is 5.96. The Kier molecular flexibility index (Phi) is 3.45. The first kappa shape index (κ1) is 13.1. The van der Waals surface area contributed by atoms with Gasteiger partial charge in [-0.3, -0.25) is 4.79 Å². The normalized spacial score (nSPS) is 16.8. The minimum Gasteiger partial charge on any atom is -0.349 e. The molecule has 0 aromatic heterocycles. The lowest BCUT2D eigenvalue weighted by atomic mass is 10.1. The van der Waals surface area contributed by atoms with E-state index >= 15 is 0 Å². The minimum atomic E-state index is -0.343. The number of rotatable bonds is 2. The fourth-order valence-corrected chi connectivity index (χ4v) is 2.75. The number of carbonyl (C=O) groups is 1. The molecular weight excluding hydrogens is 277 g/mol. The van der Waals surface area contributed by atoms with E-state index in [4.69, 9.17) is 11.6 Å². The van der Waals surface area contributed by atoms with Crippen molar-refractivity contribution in [1.29, 1.82) is 0 Å². The molecule has 0 saturated heterocycles. The van der Waals surface area contributed by atoms with Crippen LogP contribution < -0.4 is 5.32 Å². The molecule has 1 atom stereocenters. The summed E-state index contributed by atoms with van der Waals surface area (Å²) in [6.07, 6.45) is 1.59. The molecule has 20 heavy (non-hydrogen) atoms. The summed E-state index contributed by atoms with van der Waals surface area (Å²) in [5.74, 6) is -0.515. The Balaban J connectivity index is 1.68. The van der Waals surface area contributed by atoms with E-state index < -0.39 is 0 Å². The highest BCUT2D eigenvalue weighted by Gasteiger charge is 2.23. The van der Waals surface area contributed by atoms with Gasteiger partial charge in [0.05, 0.1) is 0 Å². The third kappa shape index (κ3) is 2.68. The van der Waals surface area contributed by atoms with Gasteiger partial charge >= 0.3 is 0 Å². The second-order valence-electron chi connectivity index (χ2n) is 5.00. The SMILES string of the molecule is O=C(NC1Cc2ccc(Cl)cc2C1)c1ccc(F)cc1. The summed E-state index contributed by atoms with van der Waals surface area (Å²) in [4.78, 5) is 12.1. The summed E-state index contributed by atoms with van der Waals surface area (Å²) in [7, 11) is 0. The van der Waals surface area contributed by atoms with Crippen LogP contribution in [-0.2, 0) is 12.8 Å². The van der Waals surface area contributed by atoms with Crippen LogP contribution >= 0.6 is 11.6 Å². The first-order valence-electron chi connectivity index (χ1n) is 6.45. The van der Waals surface area contributed by atoms with Crippen molar-refractivity contribution in [3.05, 3.63) is 70.0 Å². The Bertz CT molecular complexity index is 654. The molecule has 2 aromatic rings. The van der Waals surface area contributed by atoms with Crippen LogP contribution in [0.15, 0.2) is 42.5 Å². The lowest BCUT2D eigenvalue weighted by molar-refractivity contribution is 0.0938. The molecular formula is C16H13ClFNO. The third-order valence-electron chi connectivity index (χ3n) is 3.54. The Morgan fingerprint density at radius 3 is 2.55 bits per heavy atom. The molecule has 0 fully saturated rings. The van der Waals surface area contributed by atoms with Crippen LogP contribution in [-0.4, -0.2) is 11.9 Å². The van der Waals surface area contributed by atoms with Gasteiger partial charge in [-0.25, -0.2) is 4.39 Å². The van der Waals surface area contributed by atoms with Crippen molar-refractivity contribution in [2.75, 3.05) is 0 Å². The van der Waals surface area contributed by atoms with E-state index in [1.165, 1.54) is 35.4 Å². The van der Waals surface area contributed by atoms with E-state index in [0.29, 0.717) is 10.6 Å². The highest BCUT2D eigenvalue weighted by Crippen LogP contribution is 2.25. The van der Waals surface area contributed by atoms with Gasteiger partial charge in [0.15, 0.2) is 0 Å². The first-order chi connectivity index (χ1) is 9.61. The predicted molar refractivity (Wildman–Crippen MR) is 76.5 cm³/mol. The van der Waals surface area contributed by atoms with Gasteiger partial charge in [-0.2, -0.15) is 0 Å². The smallest absolute Gasteiger partial charge is 0.251 e. The van der Waals surface area contributed by atoms with Crippen molar-refractivity contribution >= 4 is 17.5 Å². The number of amides is 1. The molecule has 1 unspecified atom stereocenters. The molecule has 2 nitrogen and oxygen atoms in total. The molecule has 1 aliphatic carbocycles. The minimum absolute atomic E-state index is 0.0704. The first-order valence-corrected chi connectivity index (χ1v) is 6.83. The standard InChI is InChI=1S/C16H13ClFNO/c17-13-4-1-11-8-15(9-12(11)7-13)19-16(20)10-2-5-14(18)6-3-10/h1-7,15H,8-9H2,(H,19,20). The van der Waals surface area contributed by atoms with Crippen molar-refractivity contribution in [3.63, 3.8) is 0 Å². The third-order valence-corrected chi connectivity index (χ3v) is 3.78. The zero-order valence-corrected chi connectivity index (χ0v) is 11.5. The van der Waals surface area contributed by atoms with Crippen LogP contribution in [0, 0.1) is 5.82 Å². The molecule has 1 aliphatic rings. The lowest BCUT2D eigenvalue weighted by Crippen LogP contribution is -2.35. The Hall–Kier alpha value is -1.87. The molecule has 0 saturated carbocycles. The van der Waals surface area contributed by atoms with Gasteiger partial charge in [0.2, 0.25) is 0 Å². The van der Waals surface area contributed by atoms with Gasteiger partial charge < -0.3 is 5.32 Å². The molecule has 4 heteroatoms. The van der Waals surface area contributed by atoms with Gasteiger partial charge in [-0.05, 0) is 60.4 Å². The van der Waals surface area contributed by atoms with E-state index in [-0.39, 0.29) is 17.8 Å². The lowest BCUT2D eigenvalue weighted by Gasteiger charge is -2.11. The quantitative estimate of drug-likeness (QED) is 0.902. The largest absolute Gasteiger partial charge is 0.349 e. The van der Waals surface area contributed by atoms with Gasteiger partial charge in [0, 0.05) is 16.6 Å². The zero-order valence-electron chi connectivity index (χ0n) is 10.7. The number of nitrogens with one attached hydrogen (secondary N) is 1. The van der Waals surface area contributed by atoms with Crippen LogP contribution in [0.2, 0.25) is 5.02 Å². The average Bonchev–Trinajstić information content (AvgIpc) is 2.80. The van der Waals surface area contributed by atoms with Crippen molar-refractivity contribution < 1.29 is 9.18 Å². The number of halogens is 2. The second kappa shape index (κ2) is 5.25. The van der Waals surface area contributed by atoms with Gasteiger partial charge in [-0.1, -0.05) is 17.7 Å². The van der Waals surface area contributed by atoms with Crippen LogP contribution in [0.1, 0.15) is 21.5 Å². The molecule has 1 N–H and O–H groups in total. The highest BCUT2D eigenvalue weighted by atomic mass is 35.5. The van der Waals surface area contributed by atoms with Gasteiger partial charge in [0.1, 0.15) is 5.82 Å². The molecule has 2 aromatic carbocycles. The highest BCUT2D eigenvalue weighted by molar-refractivity contribution is 6.30. The van der Waals surface area contributed by atoms with E-state index in [1.54, 1.807) is 0 Å². The molecule has 102 valence electrons. The Labute approximate surface area is 121 Å². The van der Waals surface area contributed by atoms with E-state index in [1.807, 2.05) is 18.2 Å². The summed E-state index contributed by atoms with van der Waals surface area (Å²) < 4.78 is 12.8. The summed E-state index contributed by atoms with van der Waals surface area (Å²) in [6.45, 7) is 0. The number of fused-ring (bicyclic) bond motifs is 1. The van der Waals surface area contributed by atoms with E-state index in [2.05, 4.69) is 5.32 Å². The summed E-state index contributed by atoms with van der Waals surface area (Å²) in [6, 6.07) is 11.4. The molecule has 0 aliphatic heterocycles. The van der Waals surface area contributed by atoms with Crippen molar-refractivity contribution in [3.8, 4) is 0 Å². The predicted octanol–water partition coefficient (Wildman–Crippen LogP) is 3.38. The fraction of sp³-hybridized carbons (Fsp3) is 0.188. The van der Waals surface area contributed by atoms with Gasteiger partial charge in [-0.15, -0.1) is 0 Å². The van der Waals surface area contributed by atoms with Crippen LogP contribution in [0.25, 0.3) is 0 Å². The van der Waals surface area contributed by atoms with Gasteiger partial charge in [0.25, 0.3) is 5.91 Å². The molecule has 0 bridgehead atoms. The maximum Gasteiger partial charge on any atom is 0.251 e. The summed E-state index contributed by atoms with van der Waals surface area (Å²) in [5, 5.41) is 3.69. The topological polar surface area (TPSA) is 29.1 Å².